The van der Waals surface area contributed by atoms with E-state index < -0.39 is 6.10 Å². The van der Waals surface area contributed by atoms with Gasteiger partial charge in [0.15, 0.2) is 5.96 Å². The van der Waals surface area contributed by atoms with E-state index in [1.54, 1.807) is 0 Å². The minimum absolute atomic E-state index is 0.112. The minimum Gasteiger partial charge on any atom is -0.491 e. The Morgan fingerprint density at radius 2 is 2.00 bits per heavy atom. The number of hydrogen-bond donors (Lipinski definition) is 2. The van der Waals surface area contributed by atoms with Gasteiger partial charge >= 0.3 is 0 Å². The Bertz CT molecular complexity index is 545. The van der Waals surface area contributed by atoms with Gasteiger partial charge in [-0.15, -0.1) is 0 Å². The van der Waals surface area contributed by atoms with Crippen LogP contribution in [0.5, 0.6) is 5.75 Å². The number of guanidine groups is 1. The second-order valence-electron chi connectivity index (χ2n) is 6.26. The Labute approximate surface area is 155 Å². The van der Waals surface area contributed by atoms with Gasteiger partial charge in [-0.3, -0.25) is 4.99 Å². The molecule has 0 aliphatic carbocycles. The summed E-state index contributed by atoms with van der Waals surface area (Å²) in [6.45, 7) is 7.70. The van der Waals surface area contributed by atoms with Crippen LogP contribution in [0.3, 0.4) is 0 Å². The quantitative estimate of drug-likeness (QED) is 0.544. The third-order valence-electron chi connectivity index (χ3n) is 4.19. The molecule has 1 unspecified atom stereocenters. The molecule has 1 heterocycles. The van der Waals surface area contributed by atoms with Gasteiger partial charge in [-0.1, -0.05) is 0 Å². The summed E-state index contributed by atoms with van der Waals surface area (Å²) in [6.07, 6.45) is 1.56. The summed E-state index contributed by atoms with van der Waals surface area (Å²) in [6, 6.07) is 5.74. The van der Waals surface area contributed by atoms with Crippen LogP contribution in [0.15, 0.2) is 29.3 Å². The second-order valence-corrected chi connectivity index (χ2v) is 6.26. The first-order valence-corrected chi connectivity index (χ1v) is 9.33. The van der Waals surface area contributed by atoms with Gasteiger partial charge in [0, 0.05) is 26.2 Å². The van der Waals surface area contributed by atoms with Gasteiger partial charge in [-0.25, -0.2) is 4.39 Å². The topological polar surface area (TPSA) is 66.3 Å². The number of aliphatic imine (C=N–C) groups is 1. The fourth-order valence-corrected chi connectivity index (χ4v) is 2.86. The molecular formula is C19H30FN3O3. The molecule has 1 saturated heterocycles. The zero-order chi connectivity index (χ0) is 18.8. The van der Waals surface area contributed by atoms with Gasteiger partial charge in [0.25, 0.3) is 0 Å². The molecule has 2 rings (SSSR count). The number of ether oxygens (including phenoxy) is 2. The Kier molecular flexibility index (Phi) is 8.64. The molecule has 1 aliphatic rings. The van der Waals surface area contributed by atoms with Crippen molar-refractivity contribution in [2.75, 3.05) is 39.4 Å². The normalized spacial score (nSPS) is 17.2. The van der Waals surface area contributed by atoms with Gasteiger partial charge in [-0.05, 0) is 51.0 Å². The highest BCUT2D eigenvalue weighted by Crippen LogP contribution is 2.14. The number of hydrogen-bond acceptors (Lipinski definition) is 4. The summed E-state index contributed by atoms with van der Waals surface area (Å²) in [5.74, 6) is 1.02. The third kappa shape index (κ3) is 6.80. The van der Waals surface area contributed by atoms with Crippen LogP contribution in [-0.4, -0.2) is 67.6 Å². The summed E-state index contributed by atoms with van der Waals surface area (Å²) in [4.78, 5) is 6.74. The van der Waals surface area contributed by atoms with Crippen molar-refractivity contribution < 1.29 is 19.0 Å². The van der Waals surface area contributed by atoms with Crippen molar-refractivity contribution in [1.29, 1.82) is 0 Å². The van der Waals surface area contributed by atoms with Crippen molar-refractivity contribution in [3.8, 4) is 5.75 Å². The summed E-state index contributed by atoms with van der Waals surface area (Å²) < 4.78 is 24.0. The standard InChI is InChI=1S/C19H30FN3O3/c1-3-21-19(23-11-9-18(10-12-23)25-4-2)22-13-16(24)14-26-17-7-5-15(20)6-8-17/h5-8,16,18,24H,3-4,9-14H2,1-2H3,(H,21,22). The number of halogens is 1. The smallest absolute Gasteiger partial charge is 0.194 e. The van der Waals surface area contributed by atoms with Crippen LogP contribution in [0.2, 0.25) is 0 Å². The molecule has 2 N–H and O–H groups in total. The molecule has 0 bridgehead atoms. The average Bonchev–Trinajstić information content (AvgIpc) is 2.65. The van der Waals surface area contributed by atoms with E-state index in [1.165, 1.54) is 24.3 Å². The highest BCUT2D eigenvalue weighted by atomic mass is 19.1. The van der Waals surface area contributed by atoms with Gasteiger partial charge in [0.05, 0.1) is 12.6 Å². The first kappa shape index (κ1) is 20.5. The Balaban J connectivity index is 1.80. The maximum Gasteiger partial charge on any atom is 0.194 e. The highest BCUT2D eigenvalue weighted by Gasteiger charge is 2.21. The number of likely N-dealkylation sites (tertiary alicyclic amines) is 1. The van der Waals surface area contributed by atoms with Crippen LogP contribution in [0.1, 0.15) is 26.7 Å². The summed E-state index contributed by atoms with van der Waals surface area (Å²) >= 11 is 0. The lowest BCUT2D eigenvalue weighted by atomic mass is 10.1. The average molecular weight is 367 g/mol. The lowest BCUT2D eigenvalue weighted by Gasteiger charge is -2.34. The van der Waals surface area contributed by atoms with E-state index in [-0.39, 0.29) is 19.0 Å². The van der Waals surface area contributed by atoms with Gasteiger partial charge < -0.3 is 24.8 Å². The molecule has 26 heavy (non-hydrogen) atoms. The number of aliphatic hydroxyl groups excluding tert-OH is 1. The monoisotopic (exact) mass is 367 g/mol. The van der Waals surface area contributed by atoms with Crippen molar-refractivity contribution in [1.82, 2.24) is 10.2 Å². The second kappa shape index (κ2) is 11.0. The molecule has 1 atom stereocenters. The van der Waals surface area contributed by atoms with E-state index in [2.05, 4.69) is 15.2 Å². The molecule has 7 heteroatoms. The van der Waals surface area contributed by atoms with E-state index in [4.69, 9.17) is 9.47 Å². The van der Waals surface area contributed by atoms with Crippen LogP contribution in [0.4, 0.5) is 4.39 Å². The molecule has 1 aromatic carbocycles. The van der Waals surface area contributed by atoms with Crippen LogP contribution in [-0.2, 0) is 4.74 Å². The zero-order valence-corrected chi connectivity index (χ0v) is 15.7. The van der Waals surface area contributed by atoms with Crippen LogP contribution in [0.25, 0.3) is 0 Å². The molecule has 1 aliphatic heterocycles. The molecule has 1 aromatic rings. The Morgan fingerprint density at radius 3 is 2.62 bits per heavy atom. The molecular weight excluding hydrogens is 337 g/mol. The van der Waals surface area contributed by atoms with E-state index >= 15 is 0 Å². The van der Waals surface area contributed by atoms with E-state index in [9.17, 15) is 9.50 Å². The van der Waals surface area contributed by atoms with Crippen LogP contribution < -0.4 is 10.1 Å². The lowest BCUT2D eigenvalue weighted by Crippen LogP contribution is -2.47. The van der Waals surface area contributed by atoms with Gasteiger partial charge in [0.2, 0.25) is 0 Å². The summed E-state index contributed by atoms with van der Waals surface area (Å²) in [5, 5.41) is 13.4. The van der Waals surface area contributed by atoms with Crippen molar-refractivity contribution in [3.63, 3.8) is 0 Å². The Hall–Kier alpha value is -1.86. The highest BCUT2D eigenvalue weighted by molar-refractivity contribution is 5.80. The minimum atomic E-state index is -0.727. The van der Waals surface area contributed by atoms with Crippen molar-refractivity contribution in [2.45, 2.75) is 38.9 Å². The molecule has 6 nitrogen and oxygen atoms in total. The molecule has 0 radical (unpaired) electrons. The Morgan fingerprint density at radius 1 is 1.31 bits per heavy atom. The molecule has 0 aromatic heterocycles. The fourth-order valence-electron chi connectivity index (χ4n) is 2.86. The van der Waals surface area contributed by atoms with Crippen molar-refractivity contribution in [2.24, 2.45) is 4.99 Å². The predicted molar refractivity (Wildman–Crippen MR) is 100 cm³/mol. The van der Waals surface area contributed by atoms with Crippen molar-refractivity contribution >= 4 is 5.96 Å². The number of nitrogens with one attached hydrogen (secondary N) is 1. The lowest BCUT2D eigenvalue weighted by molar-refractivity contribution is 0.0263. The summed E-state index contributed by atoms with van der Waals surface area (Å²) in [7, 11) is 0. The van der Waals surface area contributed by atoms with Crippen LogP contribution >= 0.6 is 0 Å². The predicted octanol–water partition coefficient (Wildman–Crippen LogP) is 2.03. The number of nitrogens with zero attached hydrogens (tertiary/aromatic N) is 2. The molecule has 0 spiro atoms. The molecule has 0 amide bonds. The number of aliphatic hydroxyl groups is 1. The molecule has 1 fully saturated rings. The van der Waals surface area contributed by atoms with Crippen LogP contribution in [0, 0.1) is 5.82 Å². The van der Waals surface area contributed by atoms with Gasteiger partial charge in [0.1, 0.15) is 24.3 Å². The summed E-state index contributed by atoms with van der Waals surface area (Å²) in [5.41, 5.74) is 0. The zero-order valence-electron chi connectivity index (χ0n) is 15.7. The third-order valence-corrected chi connectivity index (χ3v) is 4.19. The largest absolute Gasteiger partial charge is 0.491 e. The maximum atomic E-state index is 12.9. The maximum absolute atomic E-state index is 12.9. The number of piperidine rings is 1. The fraction of sp³-hybridized carbons (Fsp3) is 0.632. The SMILES string of the molecule is CCNC(=NCC(O)COc1ccc(F)cc1)N1CCC(OCC)CC1. The number of rotatable bonds is 8. The number of benzene rings is 1. The molecule has 0 saturated carbocycles. The van der Waals surface area contributed by atoms with Crippen molar-refractivity contribution in [3.05, 3.63) is 30.1 Å². The van der Waals surface area contributed by atoms with E-state index in [0.717, 1.165) is 45.0 Å². The van der Waals surface area contributed by atoms with E-state index in [0.29, 0.717) is 11.9 Å². The first-order valence-electron chi connectivity index (χ1n) is 9.33. The first-order chi connectivity index (χ1) is 12.6. The van der Waals surface area contributed by atoms with Gasteiger partial charge in [-0.2, -0.15) is 0 Å². The molecule has 146 valence electrons. The van der Waals surface area contributed by atoms with E-state index in [1.807, 2.05) is 13.8 Å².